The Bertz CT molecular complexity index is 1200. The standard InChI is InChI=1S/C20H16ClN3O5S/c1-30(27,28)11-10-16(24-19(25)14-4-2-3-5-15(14)20(24)26)18-22-17(23-29-18)12-6-8-13(21)9-7-12/h2-9,16H,10-11H2,1H3. The number of rotatable bonds is 6. The second-order valence-electron chi connectivity index (χ2n) is 6.92. The predicted octanol–water partition coefficient (Wildman–Crippen LogP) is 3.16. The van der Waals surface area contributed by atoms with Crippen molar-refractivity contribution in [1.82, 2.24) is 15.0 Å². The predicted molar refractivity (Wildman–Crippen MR) is 109 cm³/mol. The first-order valence-electron chi connectivity index (χ1n) is 8.99. The average Bonchev–Trinajstić information content (AvgIpc) is 3.28. The SMILES string of the molecule is CS(=O)(=O)CCC(c1nc(-c2ccc(Cl)cc2)no1)N1C(=O)c2ccccc2C1=O. The highest BCUT2D eigenvalue weighted by atomic mass is 35.5. The Morgan fingerprint density at radius 2 is 1.63 bits per heavy atom. The van der Waals surface area contributed by atoms with E-state index in [9.17, 15) is 18.0 Å². The van der Waals surface area contributed by atoms with E-state index >= 15 is 0 Å². The summed E-state index contributed by atoms with van der Waals surface area (Å²) in [5, 5.41) is 4.47. The Balaban J connectivity index is 1.72. The third kappa shape index (κ3) is 3.86. The fourth-order valence-electron chi connectivity index (χ4n) is 3.27. The summed E-state index contributed by atoms with van der Waals surface area (Å²) in [4.78, 5) is 31.1. The molecule has 1 unspecified atom stereocenters. The van der Waals surface area contributed by atoms with Gasteiger partial charge in [0, 0.05) is 16.8 Å². The van der Waals surface area contributed by atoms with E-state index in [1.165, 1.54) is 0 Å². The van der Waals surface area contributed by atoms with Crippen LogP contribution < -0.4 is 0 Å². The summed E-state index contributed by atoms with van der Waals surface area (Å²) >= 11 is 5.90. The van der Waals surface area contributed by atoms with E-state index in [-0.39, 0.29) is 35.0 Å². The number of hydrogen-bond acceptors (Lipinski definition) is 7. The maximum atomic E-state index is 12.9. The number of benzene rings is 2. The molecule has 1 aliphatic rings. The van der Waals surface area contributed by atoms with Crippen LogP contribution in [0.4, 0.5) is 0 Å². The van der Waals surface area contributed by atoms with Crippen molar-refractivity contribution in [3.8, 4) is 11.4 Å². The van der Waals surface area contributed by atoms with Crippen LogP contribution in [0.15, 0.2) is 53.1 Å². The first kappa shape index (κ1) is 20.2. The van der Waals surface area contributed by atoms with Gasteiger partial charge in [-0.25, -0.2) is 8.42 Å². The molecule has 0 N–H and O–H groups in total. The van der Waals surface area contributed by atoms with Gasteiger partial charge in [0.15, 0.2) is 0 Å². The smallest absolute Gasteiger partial charge is 0.262 e. The highest BCUT2D eigenvalue weighted by Crippen LogP contribution is 2.34. The maximum Gasteiger partial charge on any atom is 0.262 e. The first-order valence-corrected chi connectivity index (χ1v) is 11.4. The molecular formula is C20H16ClN3O5S. The molecule has 0 fully saturated rings. The summed E-state index contributed by atoms with van der Waals surface area (Å²) in [6.45, 7) is 0. The first-order chi connectivity index (χ1) is 14.2. The Morgan fingerprint density at radius 3 is 2.20 bits per heavy atom. The van der Waals surface area contributed by atoms with E-state index in [0.717, 1.165) is 11.2 Å². The summed E-state index contributed by atoms with van der Waals surface area (Å²) in [5.41, 5.74) is 1.13. The Morgan fingerprint density at radius 1 is 1.03 bits per heavy atom. The van der Waals surface area contributed by atoms with Gasteiger partial charge in [-0.15, -0.1) is 0 Å². The van der Waals surface area contributed by atoms with E-state index in [4.69, 9.17) is 16.1 Å². The molecule has 0 saturated carbocycles. The van der Waals surface area contributed by atoms with Crippen molar-refractivity contribution >= 4 is 33.3 Å². The number of imide groups is 1. The number of halogens is 1. The van der Waals surface area contributed by atoms with Crippen molar-refractivity contribution in [3.05, 3.63) is 70.6 Å². The zero-order chi connectivity index (χ0) is 21.5. The van der Waals surface area contributed by atoms with Gasteiger partial charge < -0.3 is 4.52 Å². The lowest BCUT2D eigenvalue weighted by molar-refractivity contribution is 0.0547. The molecule has 0 saturated heterocycles. The summed E-state index contributed by atoms with van der Waals surface area (Å²) < 4.78 is 28.9. The quantitative estimate of drug-likeness (QED) is 0.536. The number of amides is 2. The fraction of sp³-hybridized carbons (Fsp3) is 0.200. The molecule has 0 bridgehead atoms. The monoisotopic (exact) mass is 445 g/mol. The largest absolute Gasteiger partial charge is 0.337 e. The van der Waals surface area contributed by atoms with Crippen LogP contribution in [0.3, 0.4) is 0 Å². The molecule has 0 spiro atoms. The highest BCUT2D eigenvalue weighted by Gasteiger charge is 2.42. The number of nitrogens with zero attached hydrogens (tertiary/aromatic N) is 3. The van der Waals surface area contributed by atoms with Gasteiger partial charge in [-0.05, 0) is 42.8 Å². The molecule has 2 amide bonds. The number of hydrogen-bond donors (Lipinski definition) is 0. The van der Waals surface area contributed by atoms with Crippen LogP contribution in [-0.4, -0.2) is 47.3 Å². The average molecular weight is 446 g/mol. The van der Waals surface area contributed by atoms with Gasteiger partial charge in [0.25, 0.3) is 11.8 Å². The topological polar surface area (TPSA) is 110 Å². The fourth-order valence-corrected chi connectivity index (χ4v) is 4.04. The van der Waals surface area contributed by atoms with Crippen molar-refractivity contribution in [2.45, 2.75) is 12.5 Å². The van der Waals surface area contributed by atoms with Crippen LogP contribution in [0.25, 0.3) is 11.4 Å². The summed E-state index contributed by atoms with van der Waals surface area (Å²) in [5.74, 6) is -1.09. The minimum atomic E-state index is -3.36. The molecule has 154 valence electrons. The normalized spacial score (nSPS) is 14.8. The van der Waals surface area contributed by atoms with E-state index in [1.54, 1.807) is 48.5 Å². The van der Waals surface area contributed by atoms with Crippen LogP contribution in [0, 0.1) is 0 Å². The molecule has 30 heavy (non-hydrogen) atoms. The lowest BCUT2D eigenvalue weighted by Gasteiger charge is -2.22. The lowest BCUT2D eigenvalue weighted by Crippen LogP contribution is -2.35. The summed E-state index contributed by atoms with van der Waals surface area (Å²) in [7, 11) is -3.36. The molecular weight excluding hydrogens is 430 g/mol. The van der Waals surface area contributed by atoms with Gasteiger partial charge >= 0.3 is 0 Å². The Hall–Kier alpha value is -3.04. The minimum Gasteiger partial charge on any atom is -0.337 e. The van der Waals surface area contributed by atoms with Gasteiger partial charge in [-0.3, -0.25) is 14.5 Å². The van der Waals surface area contributed by atoms with E-state index in [0.29, 0.717) is 10.6 Å². The van der Waals surface area contributed by atoms with Crippen LogP contribution >= 0.6 is 11.6 Å². The Labute approximate surface area is 177 Å². The summed E-state index contributed by atoms with van der Waals surface area (Å²) in [6.07, 6.45) is 1.02. The van der Waals surface area contributed by atoms with Crippen LogP contribution in [0.1, 0.15) is 39.1 Å². The molecule has 2 aromatic carbocycles. The second-order valence-corrected chi connectivity index (χ2v) is 9.62. The van der Waals surface area contributed by atoms with Crippen molar-refractivity contribution < 1.29 is 22.5 Å². The molecule has 0 aliphatic carbocycles. The van der Waals surface area contributed by atoms with Crippen LogP contribution in [0.5, 0.6) is 0 Å². The molecule has 1 aliphatic heterocycles. The number of aromatic nitrogens is 2. The van der Waals surface area contributed by atoms with Gasteiger partial charge in [0.1, 0.15) is 15.9 Å². The van der Waals surface area contributed by atoms with Gasteiger partial charge in [0.2, 0.25) is 11.7 Å². The van der Waals surface area contributed by atoms with Crippen LogP contribution in [-0.2, 0) is 9.84 Å². The molecule has 1 aromatic heterocycles. The third-order valence-corrected chi connectivity index (χ3v) is 5.96. The maximum absolute atomic E-state index is 12.9. The zero-order valence-electron chi connectivity index (χ0n) is 15.8. The number of carbonyl (C=O) groups is 2. The number of sulfone groups is 1. The lowest BCUT2D eigenvalue weighted by atomic mass is 10.1. The highest BCUT2D eigenvalue weighted by molar-refractivity contribution is 7.90. The Kier molecular flexibility index (Phi) is 5.17. The van der Waals surface area contributed by atoms with Gasteiger partial charge in [-0.1, -0.05) is 28.9 Å². The number of carbonyl (C=O) groups excluding carboxylic acids is 2. The number of fused-ring (bicyclic) bond motifs is 1. The molecule has 0 radical (unpaired) electrons. The van der Waals surface area contributed by atoms with Gasteiger partial charge in [0.05, 0.1) is 16.9 Å². The molecule has 3 aromatic rings. The molecule has 2 heterocycles. The molecule has 8 nitrogen and oxygen atoms in total. The second kappa shape index (κ2) is 7.66. The van der Waals surface area contributed by atoms with Crippen molar-refractivity contribution in [2.75, 3.05) is 12.0 Å². The van der Waals surface area contributed by atoms with E-state index in [2.05, 4.69) is 10.1 Å². The molecule has 4 rings (SSSR count). The molecule has 10 heteroatoms. The summed E-state index contributed by atoms with van der Waals surface area (Å²) in [6, 6.07) is 12.1. The van der Waals surface area contributed by atoms with Crippen molar-refractivity contribution in [1.29, 1.82) is 0 Å². The van der Waals surface area contributed by atoms with Crippen LogP contribution in [0.2, 0.25) is 5.02 Å². The minimum absolute atomic E-state index is 0.0156. The van der Waals surface area contributed by atoms with Crippen molar-refractivity contribution in [2.24, 2.45) is 0 Å². The van der Waals surface area contributed by atoms with Gasteiger partial charge in [-0.2, -0.15) is 4.98 Å². The zero-order valence-corrected chi connectivity index (χ0v) is 17.4. The van der Waals surface area contributed by atoms with E-state index in [1.807, 2.05) is 0 Å². The molecule has 1 atom stereocenters. The third-order valence-electron chi connectivity index (χ3n) is 4.73. The van der Waals surface area contributed by atoms with Crippen molar-refractivity contribution in [3.63, 3.8) is 0 Å². The van der Waals surface area contributed by atoms with E-state index < -0.39 is 27.7 Å².